The summed E-state index contributed by atoms with van der Waals surface area (Å²) < 4.78 is 0. The Morgan fingerprint density at radius 1 is 0.660 bits per heavy atom. The van der Waals surface area contributed by atoms with Crippen molar-refractivity contribution in [1.82, 2.24) is 15.5 Å². The molecule has 0 aliphatic heterocycles. The van der Waals surface area contributed by atoms with Gasteiger partial charge in [-0.3, -0.25) is 25.1 Å². The molecule has 0 aromatic heterocycles. The van der Waals surface area contributed by atoms with Crippen LogP contribution in [0.4, 0.5) is 11.4 Å². The zero-order valence-corrected chi connectivity index (χ0v) is 27.7. The molecule has 0 fully saturated rings. The number of rotatable bonds is 21. The van der Waals surface area contributed by atoms with Crippen LogP contribution in [0.25, 0.3) is 0 Å². The average Bonchev–Trinajstić information content (AvgIpc) is 3.04. The molecule has 2 aromatic rings. The monoisotopic (exact) mass is 702 g/mol. The van der Waals surface area contributed by atoms with Gasteiger partial charge in [-0.05, 0) is 43.8 Å². The number of carboxylic acid groups (broad SMARTS) is 2. The van der Waals surface area contributed by atoms with Crippen LogP contribution < -0.4 is 39.3 Å². The molecule has 18 nitrogen and oxygen atoms in total. The molecule has 0 heterocycles. The van der Waals surface area contributed by atoms with Crippen LogP contribution >= 0.6 is 21.6 Å². The van der Waals surface area contributed by atoms with Crippen LogP contribution in [0.5, 0.6) is 0 Å². The third-order valence-electron chi connectivity index (χ3n) is 5.71. The SMILES string of the molecule is NCCN(CCN)CCN.NCCNCCCNCCN.O=C(O)c1cc(SSc2ccc([N+](=O)[O-])c(C(=O)O)c2)ccc1[N+](=O)[O-]. The molecule has 0 bridgehead atoms. The van der Waals surface area contributed by atoms with Gasteiger partial charge in [-0.2, -0.15) is 0 Å². The zero-order chi connectivity index (χ0) is 35.6. The number of nitro groups is 2. The fourth-order valence-electron chi connectivity index (χ4n) is 3.57. The Bertz CT molecular complexity index is 1150. The van der Waals surface area contributed by atoms with Crippen molar-refractivity contribution in [2.75, 3.05) is 78.5 Å². The fraction of sp³-hybridized carbons (Fsp3) is 0.481. The van der Waals surface area contributed by atoms with Gasteiger partial charge in [0.2, 0.25) is 0 Å². The minimum absolute atomic E-state index is 0.383. The first-order valence-electron chi connectivity index (χ1n) is 14.5. The first-order valence-corrected chi connectivity index (χ1v) is 16.6. The summed E-state index contributed by atoms with van der Waals surface area (Å²) in [4.78, 5) is 45.2. The number of nitro benzene ring substituents is 2. The molecule has 0 radical (unpaired) electrons. The molecular formula is C27H46N10O8S2. The number of carbonyl (C=O) groups is 2. The Kier molecular flexibility index (Phi) is 24.7. The second-order valence-electron chi connectivity index (χ2n) is 9.29. The second kappa shape index (κ2) is 26.6. The van der Waals surface area contributed by atoms with Gasteiger partial charge in [0.25, 0.3) is 11.4 Å². The Morgan fingerprint density at radius 3 is 1.30 bits per heavy atom. The van der Waals surface area contributed by atoms with E-state index in [1.54, 1.807) is 0 Å². The molecule has 47 heavy (non-hydrogen) atoms. The molecule has 0 unspecified atom stereocenters. The number of nitrogens with one attached hydrogen (secondary N) is 2. The molecule has 0 spiro atoms. The van der Waals surface area contributed by atoms with E-state index in [9.17, 15) is 29.8 Å². The highest BCUT2D eigenvalue weighted by Gasteiger charge is 2.22. The smallest absolute Gasteiger partial charge is 0.342 e. The number of nitrogens with two attached hydrogens (primary N) is 5. The van der Waals surface area contributed by atoms with Crippen molar-refractivity contribution in [3.05, 3.63) is 67.8 Å². The van der Waals surface area contributed by atoms with Crippen LogP contribution in [0.3, 0.4) is 0 Å². The molecule has 0 saturated heterocycles. The van der Waals surface area contributed by atoms with Gasteiger partial charge in [-0.15, -0.1) is 0 Å². The predicted octanol–water partition coefficient (Wildman–Crippen LogP) is 0.336. The first kappa shape index (κ1) is 43.6. The van der Waals surface area contributed by atoms with Crippen molar-refractivity contribution in [3.8, 4) is 0 Å². The Hall–Kier alpha value is -3.44. The van der Waals surface area contributed by atoms with Gasteiger partial charge in [-0.25, -0.2) is 9.59 Å². The average molecular weight is 703 g/mol. The second-order valence-corrected chi connectivity index (χ2v) is 11.6. The van der Waals surface area contributed by atoms with Crippen molar-refractivity contribution < 1.29 is 29.6 Å². The number of nitrogens with zero attached hydrogens (tertiary/aromatic N) is 3. The van der Waals surface area contributed by atoms with Crippen LogP contribution in [-0.4, -0.2) is 115 Å². The van der Waals surface area contributed by atoms with Crippen LogP contribution in [0, 0.1) is 20.2 Å². The van der Waals surface area contributed by atoms with Crippen molar-refractivity contribution in [2.45, 2.75) is 16.2 Å². The summed E-state index contributed by atoms with van der Waals surface area (Å²) >= 11 is 0. The molecule has 2 rings (SSSR count). The highest BCUT2D eigenvalue weighted by atomic mass is 33.1. The van der Waals surface area contributed by atoms with E-state index >= 15 is 0 Å². The summed E-state index contributed by atoms with van der Waals surface area (Å²) in [6, 6.07) is 7.08. The van der Waals surface area contributed by atoms with E-state index in [4.69, 9.17) is 38.9 Å². The maximum Gasteiger partial charge on any atom is 0.342 e. The lowest BCUT2D eigenvalue weighted by molar-refractivity contribution is -0.385. The minimum atomic E-state index is -1.45. The lowest BCUT2D eigenvalue weighted by atomic mass is 10.2. The number of hydrogen-bond acceptors (Lipinski definition) is 16. The number of hydrogen-bond donors (Lipinski definition) is 9. The third kappa shape index (κ3) is 19.1. The summed E-state index contributed by atoms with van der Waals surface area (Å²) in [6.07, 6.45) is 1.14. The fourth-order valence-corrected chi connectivity index (χ4v) is 5.54. The molecule has 0 aliphatic carbocycles. The topological polar surface area (TPSA) is 318 Å². The van der Waals surface area contributed by atoms with E-state index in [2.05, 4.69) is 15.5 Å². The van der Waals surface area contributed by atoms with E-state index < -0.39 is 44.3 Å². The molecule has 14 N–H and O–H groups in total. The van der Waals surface area contributed by atoms with Crippen LogP contribution in [0.1, 0.15) is 27.1 Å². The normalized spacial score (nSPS) is 10.4. The first-order chi connectivity index (χ1) is 22.5. The lowest BCUT2D eigenvalue weighted by Crippen LogP contribution is -2.37. The minimum Gasteiger partial charge on any atom is -0.477 e. The molecule has 264 valence electrons. The van der Waals surface area contributed by atoms with E-state index in [1.807, 2.05) is 0 Å². The van der Waals surface area contributed by atoms with Crippen molar-refractivity contribution in [2.24, 2.45) is 28.7 Å². The lowest BCUT2D eigenvalue weighted by Gasteiger charge is -2.18. The Balaban J connectivity index is 0.000000831. The Morgan fingerprint density at radius 2 is 1.02 bits per heavy atom. The van der Waals surface area contributed by atoms with Gasteiger partial charge in [0, 0.05) is 87.4 Å². The van der Waals surface area contributed by atoms with Crippen LogP contribution in [-0.2, 0) is 0 Å². The highest BCUT2D eigenvalue weighted by Crippen LogP contribution is 2.40. The molecule has 0 aliphatic rings. The Labute approximate surface area is 280 Å². The summed E-state index contributed by atoms with van der Waals surface area (Å²) in [7, 11) is 2.06. The maximum atomic E-state index is 11.1. The molecule has 0 atom stereocenters. The van der Waals surface area contributed by atoms with Crippen molar-refractivity contribution in [3.63, 3.8) is 0 Å². The zero-order valence-electron chi connectivity index (χ0n) is 26.0. The quantitative estimate of drug-likeness (QED) is 0.0366. The molecule has 20 heteroatoms. The standard InChI is InChI=1S/C14H8N2O8S2.C7H20N4.C6H18N4/c17-13(18)9-5-7(1-3-11(9)15(21)22)25-26-8-2-4-12(16(23)24)10(6-8)14(19)20;8-2-6-10-4-1-5-11-7-3-9;7-1-4-10(5-2-8)6-3-9/h1-6H,(H,17,18)(H,19,20);10-11H,1-9H2;1-9H2. The molecule has 2 aromatic carbocycles. The molecule has 0 amide bonds. The number of benzene rings is 2. The molecular weight excluding hydrogens is 656 g/mol. The van der Waals surface area contributed by atoms with E-state index in [0.29, 0.717) is 29.4 Å². The van der Waals surface area contributed by atoms with Crippen LogP contribution in [0.15, 0.2) is 46.2 Å². The van der Waals surface area contributed by atoms with E-state index in [-0.39, 0.29) is 0 Å². The van der Waals surface area contributed by atoms with Gasteiger partial charge >= 0.3 is 11.9 Å². The van der Waals surface area contributed by atoms with E-state index in [0.717, 1.165) is 111 Å². The largest absolute Gasteiger partial charge is 0.477 e. The summed E-state index contributed by atoms with van der Waals surface area (Å²) in [5.41, 5.74) is 24.6. The van der Waals surface area contributed by atoms with Gasteiger partial charge in [-0.1, -0.05) is 21.6 Å². The van der Waals surface area contributed by atoms with Crippen LogP contribution in [0.2, 0.25) is 0 Å². The number of aromatic carboxylic acids is 2. The maximum absolute atomic E-state index is 11.1. The summed E-state index contributed by atoms with van der Waals surface area (Å²) in [6.45, 7) is 10.1. The summed E-state index contributed by atoms with van der Waals surface area (Å²) in [5.74, 6) is -2.90. The highest BCUT2D eigenvalue weighted by molar-refractivity contribution is 8.76. The number of carboxylic acids is 2. The predicted molar refractivity (Wildman–Crippen MR) is 184 cm³/mol. The van der Waals surface area contributed by atoms with Gasteiger partial charge in [0.1, 0.15) is 11.1 Å². The van der Waals surface area contributed by atoms with Gasteiger partial charge in [0.15, 0.2) is 0 Å². The van der Waals surface area contributed by atoms with Gasteiger partial charge in [0.05, 0.1) is 9.85 Å². The summed E-state index contributed by atoms with van der Waals surface area (Å²) in [5, 5.41) is 46.2. The molecule has 0 saturated carbocycles. The third-order valence-corrected chi connectivity index (χ3v) is 8.09. The van der Waals surface area contributed by atoms with Crippen molar-refractivity contribution in [1.29, 1.82) is 0 Å². The van der Waals surface area contributed by atoms with Gasteiger partial charge < -0.3 is 49.5 Å². The van der Waals surface area contributed by atoms with Crippen molar-refractivity contribution >= 4 is 44.9 Å². The van der Waals surface area contributed by atoms with E-state index in [1.165, 1.54) is 12.1 Å².